The van der Waals surface area contributed by atoms with Gasteiger partial charge in [-0.25, -0.2) is 4.39 Å². The van der Waals surface area contributed by atoms with Crippen LogP contribution in [-0.2, 0) is 9.47 Å². The molecule has 0 aromatic heterocycles. The van der Waals surface area contributed by atoms with Gasteiger partial charge in [-0.05, 0) is 30.5 Å². The number of aliphatic hydroxyl groups excluding tert-OH is 1. The lowest BCUT2D eigenvalue weighted by molar-refractivity contribution is 0.0169. The van der Waals surface area contributed by atoms with Crippen molar-refractivity contribution in [1.29, 1.82) is 0 Å². The zero-order valence-electron chi connectivity index (χ0n) is 17.2. The first kappa shape index (κ1) is 22.0. The molecule has 0 radical (unpaired) electrons. The Morgan fingerprint density at radius 3 is 2.59 bits per heavy atom. The Kier molecular flexibility index (Phi) is 8.23. The Labute approximate surface area is 172 Å². The van der Waals surface area contributed by atoms with E-state index in [0.717, 1.165) is 37.6 Å². The molecule has 162 valence electrons. The summed E-state index contributed by atoms with van der Waals surface area (Å²) in [5, 5.41) is 16.2. The van der Waals surface area contributed by atoms with Crippen LogP contribution in [0.3, 0.4) is 0 Å². The molecular formula is C21H33FN4O3. The molecule has 2 aliphatic heterocycles. The minimum Gasteiger partial charge on any atom is -0.396 e. The molecule has 2 heterocycles. The second kappa shape index (κ2) is 10.9. The average molecular weight is 409 g/mol. The SMILES string of the molecule is CN=C(NCC(c1ccc(F)cc1)N1CCOCC1)NCC1(CCO)CCOC1. The quantitative estimate of drug-likeness (QED) is 0.443. The Hall–Kier alpha value is -1.74. The maximum absolute atomic E-state index is 13.4. The molecule has 3 rings (SSSR count). The molecule has 1 aromatic rings. The van der Waals surface area contributed by atoms with Crippen LogP contribution in [0.5, 0.6) is 0 Å². The summed E-state index contributed by atoms with van der Waals surface area (Å²) in [6.45, 7) is 5.98. The van der Waals surface area contributed by atoms with Crippen molar-refractivity contribution in [2.75, 3.05) is 66.3 Å². The van der Waals surface area contributed by atoms with Gasteiger partial charge in [-0.15, -0.1) is 0 Å². The Balaban J connectivity index is 1.61. The molecule has 2 saturated heterocycles. The smallest absolute Gasteiger partial charge is 0.191 e. The lowest BCUT2D eigenvalue weighted by Gasteiger charge is -2.35. The van der Waals surface area contributed by atoms with Crippen molar-refractivity contribution < 1.29 is 19.0 Å². The topological polar surface area (TPSA) is 78.4 Å². The van der Waals surface area contributed by atoms with Crippen molar-refractivity contribution in [2.24, 2.45) is 10.4 Å². The highest BCUT2D eigenvalue weighted by Gasteiger charge is 2.34. The maximum atomic E-state index is 13.4. The number of hydrogen-bond acceptors (Lipinski definition) is 5. The van der Waals surface area contributed by atoms with Crippen molar-refractivity contribution in [1.82, 2.24) is 15.5 Å². The van der Waals surface area contributed by atoms with Crippen LogP contribution >= 0.6 is 0 Å². The number of rotatable bonds is 8. The first-order valence-electron chi connectivity index (χ1n) is 10.4. The van der Waals surface area contributed by atoms with Gasteiger partial charge in [-0.1, -0.05) is 12.1 Å². The van der Waals surface area contributed by atoms with Gasteiger partial charge in [0.25, 0.3) is 0 Å². The largest absolute Gasteiger partial charge is 0.396 e. The zero-order valence-corrected chi connectivity index (χ0v) is 17.2. The molecule has 2 fully saturated rings. The summed E-state index contributed by atoms with van der Waals surface area (Å²) in [6, 6.07) is 6.81. The fourth-order valence-corrected chi connectivity index (χ4v) is 4.03. The summed E-state index contributed by atoms with van der Waals surface area (Å²) >= 11 is 0. The minimum absolute atomic E-state index is 0.0487. The molecule has 8 heteroatoms. The summed E-state index contributed by atoms with van der Waals surface area (Å²) in [4.78, 5) is 6.71. The molecule has 1 aromatic carbocycles. The zero-order chi connectivity index (χ0) is 20.5. The van der Waals surface area contributed by atoms with Gasteiger partial charge in [-0.3, -0.25) is 9.89 Å². The van der Waals surface area contributed by atoms with Gasteiger partial charge in [0.05, 0.1) is 25.9 Å². The van der Waals surface area contributed by atoms with E-state index in [9.17, 15) is 9.50 Å². The summed E-state index contributed by atoms with van der Waals surface area (Å²) in [5.41, 5.74) is 1.02. The number of nitrogens with zero attached hydrogens (tertiary/aromatic N) is 2. The van der Waals surface area contributed by atoms with E-state index in [1.165, 1.54) is 12.1 Å². The first-order chi connectivity index (χ1) is 14.2. The van der Waals surface area contributed by atoms with Crippen LogP contribution in [0.1, 0.15) is 24.4 Å². The van der Waals surface area contributed by atoms with E-state index in [1.807, 2.05) is 12.1 Å². The molecule has 0 amide bonds. The number of guanidine groups is 1. The van der Waals surface area contributed by atoms with Crippen LogP contribution in [0, 0.1) is 11.2 Å². The van der Waals surface area contributed by atoms with Crippen LogP contribution in [0.25, 0.3) is 0 Å². The Bertz CT molecular complexity index is 644. The summed E-state index contributed by atoms with van der Waals surface area (Å²) in [5.74, 6) is 0.488. The standard InChI is InChI=1S/C21H33FN4O3/c1-23-20(25-15-21(6-10-27)7-11-29-16-21)24-14-19(26-8-12-28-13-9-26)17-2-4-18(22)5-3-17/h2-5,19,27H,6-16H2,1H3,(H2,23,24,25). The second-order valence-electron chi connectivity index (χ2n) is 7.80. The number of hydrogen-bond donors (Lipinski definition) is 3. The fraction of sp³-hybridized carbons (Fsp3) is 0.667. The van der Waals surface area contributed by atoms with Crippen molar-refractivity contribution >= 4 is 5.96 Å². The molecule has 0 spiro atoms. The molecule has 2 unspecified atom stereocenters. The molecule has 7 nitrogen and oxygen atoms in total. The first-order valence-corrected chi connectivity index (χ1v) is 10.4. The number of halogens is 1. The van der Waals surface area contributed by atoms with Crippen molar-refractivity contribution in [2.45, 2.75) is 18.9 Å². The van der Waals surface area contributed by atoms with Gasteiger partial charge in [0.2, 0.25) is 0 Å². The second-order valence-corrected chi connectivity index (χ2v) is 7.80. The van der Waals surface area contributed by atoms with E-state index in [-0.39, 0.29) is 23.9 Å². The lowest BCUT2D eigenvalue weighted by Crippen LogP contribution is -2.48. The van der Waals surface area contributed by atoms with Crippen molar-refractivity contribution in [3.05, 3.63) is 35.6 Å². The maximum Gasteiger partial charge on any atom is 0.191 e. The third-order valence-corrected chi connectivity index (χ3v) is 5.89. The third-order valence-electron chi connectivity index (χ3n) is 5.89. The van der Waals surface area contributed by atoms with E-state index >= 15 is 0 Å². The number of aliphatic hydroxyl groups is 1. The van der Waals surface area contributed by atoms with Crippen LogP contribution in [0.4, 0.5) is 4.39 Å². The Morgan fingerprint density at radius 2 is 1.97 bits per heavy atom. The van der Waals surface area contributed by atoms with Gasteiger partial charge in [0, 0.05) is 51.9 Å². The highest BCUT2D eigenvalue weighted by molar-refractivity contribution is 5.79. The molecule has 3 N–H and O–H groups in total. The van der Waals surface area contributed by atoms with Crippen molar-refractivity contribution in [3.63, 3.8) is 0 Å². The number of morpholine rings is 1. The Morgan fingerprint density at radius 1 is 1.21 bits per heavy atom. The van der Waals surface area contributed by atoms with E-state index in [2.05, 4.69) is 20.5 Å². The number of benzene rings is 1. The monoisotopic (exact) mass is 408 g/mol. The highest BCUT2D eigenvalue weighted by atomic mass is 19.1. The van der Waals surface area contributed by atoms with Gasteiger partial charge in [0.1, 0.15) is 5.82 Å². The van der Waals surface area contributed by atoms with Gasteiger partial charge in [-0.2, -0.15) is 0 Å². The molecule has 29 heavy (non-hydrogen) atoms. The molecule has 0 aliphatic carbocycles. The number of ether oxygens (including phenoxy) is 2. The summed E-state index contributed by atoms with van der Waals surface area (Å²) < 4.78 is 24.5. The van der Waals surface area contributed by atoms with Gasteiger partial charge in [0.15, 0.2) is 5.96 Å². The molecule has 0 saturated carbocycles. The predicted octanol–water partition coefficient (Wildman–Crippen LogP) is 1.15. The molecule has 2 aliphatic rings. The van der Waals surface area contributed by atoms with Gasteiger partial charge < -0.3 is 25.2 Å². The van der Waals surface area contributed by atoms with Crippen LogP contribution in [-0.4, -0.2) is 82.2 Å². The predicted molar refractivity (Wildman–Crippen MR) is 110 cm³/mol. The molecule has 0 bridgehead atoms. The van der Waals surface area contributed by atoms with E-state index in [4.69, 9.17) is 9.47 Å². The van der Waals surface area contributed by atoms with Crippen LogP contribution in [0.2, 0.25) is 0 Å². The van der Waals surface area contributed by atoms with Crippen LogP contribution < -0.4 is 10.6 Å². The summed E-state index contributed by atoms with van der Waals surface area (Å²) in [7, 11) is 1.75. The minimum atomic E-state index is -0.229. The van der Waals surface area contributed by atoms with Gasteiger partial charge >= 0.3 is 0 Å². The van der Waals surface area contributed by atoms with E-state index in [0.29, 0.717) is 39.3 Å². The van der Waals surface area contributed by atoms with Crippen LogP contribution in [0.15, 0.2) is 29.3 Å². The van der Waals surface area contributed by atoms with Crippen molar-refractivity contribution in [3.8, 4) is 0 Å². The lowest BCUT2D eigenvalue weighted by atomic mass is 9.84. The number of aliphatic imine (C=N–C) groups is 1. The fourth-order valence-electron chi connectivity index (χ4n) is 4.03. The van der Waals surface area contributed by atoms with E-state index < -0.39 is 0 Å². The third kappa shape index (κ3) is 6.12. The molecule has 2 atom stereocenters. The highest BCUT2D eigenvalue weighted by Crippen LogP contribution is 2.31. The number of nitrogens with one attached hydrogen (secondary N) is 2. The normalized spacial score (nSPS) is 24.4. The average Bonchev–Trinajstić information content (AvgIpc) is 3.21. The van der Waals surface area contributed by atoms with E-state index in [1.54, 1.807) is 7.05 Å². The molecular weight excluding hydrogens is 375 g/mol. The summed E-state index contributed by atoms with van der Waals surface area (Å²) in [6.07, 6.45) is 1.65.